The van der Waals surface area contributed by atoms with Gasteiger partial charge in [-0.15, -0.1) is 0 Å². The first kappa shape index (κ1) is 23.6. The zero-order valence-electron chi connectivity index (χ0n) is 21.0. The van der Waals surface area contributed by atoms with Gasteiger partial charge in [-0.1, -0.05) is 18.1 Å². The number of nitrogens with two attached hydrogens (primary N) is 1. The third-order valence-electron chi connectivity index (χ3n) is 6.78. The first-order chi connectivity index (χ1) is 17.2. The van der Waals surface area contributed by atoms with E-state index in [2.05, 4.69) is 38.6 Å². The van der Waals surface area contributed by atoms with E-state index in [1.165, 1.54) is 6.33 Å². The van der Waals surface area contributed by atoms with Crippen LogP contribution in [0.25, 0.3) is 11.0 Å². The van der Waals surface area contributed by atoms with Crippen molar-refractivity contribution in [3.05, 3.63) is 71.9 Å². The minimum atomic E-state index is -0.489. The molecule has 36 heavy (non-hydrogen) atoms. The van der Waals surface area contributed by atoms with E-state index in [0.717, 1.165) is 18.4 Å². The summed E-state index contributed by atoms with van der Waals surface area (Å²) in [7, 11) is 1.65. The molecule has 0 aliphatic heterocycles. The van der Waals surface area contributed by atoms with Crippen molar-refractivity contribution in [2.45, 2.75) is 51.3 Å². The second kappa shape index (κ2) is 8.85. The topological polar surface area (TPSA) is 100.0 Å². The predicted molar refractivity (Wildman–Crippen MR) is 141 cm³/mol. The number of hydrogen-bond acceptors (Lipinski definition) is 5. The van der Waals surface area contributed by atoms with Gasteiger partial charge in [-0.05, 0) is 69.4 Å². The molecule has 0 spiro atoms. The van der Waals surface area contributed by atoms with Gasteiger partial charge in [-0.25, -0.2) is 9.97 Å². The summed E-state index contributed by atoms with van der Waals surface area (Å²) in [4.78, 5) is 22.5. The fraction of sp³-hybridized carbons (Fsp3) is 0.321. The lowest BCUT2D eigenvalue weighted by atomic mass is 10.0. The molecule has 0 radical (unpaired) electrons. The van der Waals surface area contributed by atoms with Gasteiger partial charge in [0.25, 0.3) is 5.91 Å². The Balaban J connectivity index is 1.66. The molecule has 1 fully saturated rings. The van der Waals surface area contributed by atoms with Crippen LogP contribution in [0.4, 0.5) is 11.5 Å². The molecule has 1 aliphatic rings. The molecule has 1 aliphatic carbocycles. The first-order valence-electron chi connectivity index (χ1n) is 11.9. The van der Waals surface area contributed by atoms with Gasteiger partial charge >= 0.3 is 0 Å². The Morgan fingerprint density at radius 2 is 1.89 bits per heavy atom. The summed E-state index contributed by atoms with van der Waals surface area (Å²) in [6.07, 6.45) is 7.35. The summed E-state index contributed by atoms with van der Waals surface area (Å²) < 4.78 is 9.30. The molecule has 3 N–H and O–H groups in total. The molecule has 0 saturated heterocycles. The minimum absolute atomic E-state index is 0.180. The molecule has 184 valence electrons. The molecule has 8 nitrogen and oxygen atoms in total. The van der Waals surface area contributed by atoms with Crippen molar-refractivity contribution in [1.82, 2.24) is 19.1 Å². The average molecular weight is 483 g/mol. The number of nitrogens with one attached hydrogen (secondary N) is 1. The van der Waals surface area contributed by atoms with Crippen LogP contribution in [0.1, 0.15) is 55.2 Å². The number of aromatic nitrogens is 4. The maximum atomic E-state index is 13.8. The Labute approximate surface area is 210 Å². The van der Waals surface area contributed by atoms with Gasteiger partial charge in [0.2, 0.25) is 0 Å². The van der Waals surface area contributed by atoms with E-state index in [9.17, 15) is 4.79 Å². The highest BCUT2D eigenvalue weighted by atomic mass is 16.5. The lowest BCUT2D eigenvalue weighted by Crippen LogP contribution is -2.23. The standard InChI is InChI=1S/C28H30N6O2/c1-27(2,33-15-5-6-16-33)12-11-21-22(26(35)32-20-9-7-19(8-10-20)17-36-4)23-24(29)30-18-31-25(23)34(21)28(3)13-14-28/h5-10,15-16,18H,13-14,17H2,1-4H3,(H,32,35)(H2,29,30,31). The van der Waals surface area contributed by atoms with Crippen molar-refractivity contribution in [2.75, 3.05) is 18.2 Å². The number of carbonyl (C=O) groups excluding carboxylic acids is 1. The SMILES string of the molecule is COCc1ccc(NC(=O)c2c(C#CC(C)(C)n3cccc3)n(C3(C)CC3)c3ncnc(N)c23)cc1. The van der Waals surface area contributed by atoms with Gasteiger partial charge in [0, 0.05) is 30.7 Å². The van der Waals surface area contributed by atoms with Crippen molar-refractivity contribution in [3.63, 3.8) is 0 Å². The van der Waals surface area contributed by atoms with Crippen LogP contribution < -0.4 is 11.1 Å². The van der Waals surface area contributed by atoms with Crippen molar-refractivity contribution in [2.24, 2.45) is 0 Å². The van der Waals surface area contributed by atoms with Gasteiger partial charge in [0.05, 0.1) is 23.1 Å². The number of anilines is 2. The van der Waals surface area contributed by atoms with Crippen molar-refractivity contribution in [3.8, 4) is 11.8 Å². The summed E-state index contributed by atoms with van der Waals surface area (Å²) in [6, 6.07) is 11.5. The molecule has 5 rings (SSSR count). The quantitative estimate of drug-likeness (QED) is 0.394. The van der Waals surface area contributed by atoms with Gasteiger partial charge in [-0.2, -0.15) is 0 Å². The Morgan fingerprint density at radius 3 is 2.53 bits per heavy atom. The lowest BCUT2D eigenvalue weighted by molar-refractivity contribution is 0.102. The Bertz CT molecular complexity index is 1480. The number of carbonyl (C=O) groups is 1. The number of hydrogen-bond donors (Lipinski definition) is 2. The van der Waals surface area contributed by atoms with Crippen LogP contribution in [-0.4, -0.2) is 32.1 Å². The van der Waals surface area contributed by atoms with Crippen LogP contribution in [0.5, 0.6) is 0 Å². The zero-order valence-corrected chi connectivity index (χ0v) is 21.0. The van der Waals surface area contributed by atoms with Crippen molar-refractivity contribution >= 4 is 28.4 Å². The van der Waals surface area contributed by atoms with Gasteiger partial charge in [-0.3, -0.25) is 4.79 Å². The average Bonchev–Trinajstić information content (AvgIpc) is 3.25. The smallest absolute Gasteiger partial charge is 0.259 e. The maximum Gasteiger partial charge on any atom is 0.259 e. The molecule has 4 aromatic rings. The zero-order chi connectivity index (χ0) is 25.5. The van der Waals surface area contributed by atoms with E-state index in [4.69, 9.17) is 10.5 Å². The van der Waals surface area contributed by atoms with E-state index in [-0.39, 0.29) is 17.3 Å². The summed E-state index contributed by atoms with van der Waals surface area (Å²) in [5.74, 6) is 6.71. The second-order valence-corrected chi connectivity index (χ2v) is 10.00. The third kappa shape index (κ3) is 4.23. The normalized spacial score (nSPS) is 14.3. The van der Waals surface area contributed by atoms with E-state index >= 15 is 0 Å². The Kier molecular flexibility index (Phi) is 5.81. The first-order valence-corrected chi connectivity index (χ1v) is 11.9. The largest absolute Gasteiger partial charge is 0.383 e. The van der Waals surface area contributed by atoms with Crippen LogP contribution >= 0.6 is 0 Å². The number of nitrogen functional groups attached to an aromatic ring is 1. The molecule has 0 unspecified atom stereocenters. The number of benzene rings is 1. The Hall–Kier alpha value is -4.09. The molecule has 3 heterocycles. The number of ether oxygens (including phenoxy) is 1. The van der Waals surface area contributed by atoms with Gasteiger partial charge < -0.3 is 24.9 Å². The highest BCUT2D eigenvalue weighted by Crippen LogP contribution is 2.47. The van der Waals surface area contributed by atoms with Crippen molar-refractivity contribution < 1.29 is 9.53 Å². The van der Waals surface area contributed by atoms with E-state index in [1.54, 1.807) is 7.11 Å². The van der Waals surface area contributed by atoms with E-state index < -0.39 is 5.54 Å². The van der Waals surface area contributed by atoms with Gasteiger partial charge in [0.15, 0.2) is 0 Å². The van der Waals surface area contributed by atoms with E-state index in [0.29, 0.717) is 34.6 Å². The molecular weight excluding hydrogens is 452 g/mol. The van der Waals surface area contributed by atoms with Gasteiger partial charge in [0.1, 0.15) is 23.5 Å². The predicted octanol–water partition coefficient (Wildman–Crippen LogP) is 4.51. The summed E-state index contributed by atoms with van der Waals surface area (Å²) >= 11 is 0. The monoisotopic (exact) mass is 482 g/mol. The highest BCUT2D eigenvalue weighted by Gasteiger charge is 2.44. The maximum absolute atomic E-state index is 13.8. The summed E-state index contributed by atoms with van der Waals surface area (Å²) in [5, 5.41) is 3.55. The minimum Gasteiger partial charge on any atom is -0.383 e. The number of amides is 1. The molecular formula is C28H30N6O2. The molecule has 8 heteroatoms. The van der Waals surface area contributed by atoms with Crippen LogP contribution in [0.2, 0.25) is 0 Å². The van der Waals surface area contributed by atoms with Crippen LogP contribution in [-0.2, 0) is 22.4 Å². The fourth-order valence-corrected chi connectivity index (χ4v) is 4.43. The molecule has 0 atom stereocenters. The Morgan fingerprint density at radius 1 is 1.19 bits per heavy atom. The number of fused-ring (bicyclic) bond motifs is 1. The highest BCUT2D eigenvalue weighted by molar-refractivity contribution is 6.16. The third-order valence-corrected chi connectivity index (χ3v) is 6.78. The second-order valence-electron chi connectivity index (χ2n) is 10.00. The molecule has 3 aromatic heterocycles. The number of methoxy groups -OCH3 is 1. The lowest BCUT2D eigenvalue weighted by Gasteiger charge is -2.20. The van der Waals surface area contributed by atoms with Crippen molar-refractivity contribution in [1.29, 1.82) is 0 Å². The molecule has 1 amide bonds. The molecule has 0 bridgehead atoms. The van der Waals surface area contributed by atoms with Crippen LogP contribution in [0.3, 0.4) is 0 Å². The summed E-state index contributed by atoms with van der Waals surface area (Å²) in [5.41, 5.74) is 8.98. The molecule has 1 aromatic carbocycles. The van der Waals surface area contributed by atoms with E-state index in [1.807, 2.05) is 67.2 Å². The fourth-order valence-electron chi connectivity index (χ4n) is 4.43. The number of nitrogens with zero attached hydrogens (tertiary/aromatic N) is 4. The summed E-state index contributed by atoms with van der Waals surface area (Å²) in [6.45, 7) is 6.75. The molecule has 1 saturated carbocycles. The van der Waals surface area contributed by atoms with Crippen LogP contribution in [0.15, 0.2) is 55.1 Å². The number of rotatable bonds is 6. The van der Waals surface area contributed by atoms with Crippen LogP contribution in [0, 0.1) is 11.8 Å².